The minimum Gasteiger partial charge on any atom is -0.318 e. The van der Waals surface area contributed by atoms with Gasteiger partial charge in [0.15, 0.2) is 0 Å². The van der Waals surface area contributed by atoms with Crippen LogP contribution in [0.25, 0.3) is 0 Å². The van der Waals surface area contributed by atoms with Crippen LogP contribution in [0.15, 0.2) is 52.0 Å². The molecule has 0 atom stereocenters. The number of anilines is 1. The van der Waals surface area contributed by atoms with Crippen molar-refractivity contribution in [3.05, 3.63) is 63.1 Å². The van der Waals surface area contributed by atoms with Crippen LogP contribution >= 0.6 is 27.5 Å². The van der Waals surface area contributed by atoms with Crippen molar-refractivity contribution in [3.8, 4) is 0 Å². The van der Waals surface area contributed by atoms with Gasteiger partial charge < -0.3 is 5.32 Å². The Hall–Kier alpha value is -2.18. The zero-order chi connectivity index (χ0) is 16.8. The first-order chi connectivity index (χ1) is 11.0. The second kappa shape index (κ2) is 7.89. The van der Waals surface area contributed by atoms with E-state index < -0.39 is 11.8 Å². The van der Waals surface area contributed by atoms with E-state index in [-0.39, 0.29) is 0 Å². The molecule has 2 amide bonds. The molecule has 0 aliphatic rings. The average Bonchev–Trinajstić information content (AvgIpc) is 2.52. The third-order valence-electron chi connectivity index (χ3n) is 2.91. The Labute approximate surface area is 146 Å². The Bertz CT molecular complexity index is 778. The molecule has 0 saturated carbocycles. The van der Waals surface area contributed by atoms with Crippen molar-refractivity contribution in [3.63, 3.8) is 0 Å². The zero-order valence-corrected chi connectivity index (χ0v) is 14.5. The van der Waals surface area contributed by atoms with Crippen LogP contribution in [0.2, 0.25) is 5.02 Å². The normalized spacial score (nSPS) is 10.6. The number of aryl methyl sites for hydroxylation is 1. The summed E-state index contributed by atoms with van der Waals surface area (Å²) < 4.78 is 0.830. The van der Waals surface area contributed by atoms with E-state index in [1.165, 1.54) is 6.21 Å². The van der Waals surface area contributed by atoms with E-state index in [9.17, 15) is 9.59 Å². The highest BCUT2D eigenvalue weighted by Gasteiger charge is 2.13. The van der Waals surface area contributed by atoms with Crippen molar-refractivity contribution in [1.29, 1.82) is 0 Å². The van der Waals surface area contributed by atoms with Crippen LogP contribution in [-0.4, -0.2) is 18.0 Å². The fourth-order valence-electron chi connectivity index (χ4n) is 1.65. The molecule has 2 aromatic carbocycles. The highest BCUT2D eigenvalue weighted by Crippen LogP contribution is 2.19. The second-order valence-electron chi connectivity index (χ2n) is 4.64. The van der Waals surface area contributed by atoms with Crippen molar-refractivity contribution in [2.45, 2.75) is 6.92 Å². The molecule has 118 valence electrons. The smallest absolute Gasteiger partial charge is 0.318 e. The molecule has 0 spiro atoms. The molecule has 2 N–H and O–H groups in total. The van der Waals surface area contributed by atoms with Gasteiger partial charge in [-0.1, -0.05) is 51.8 Å². The van der Waals surface area contributed by atoms with Gasteiger partial charge in [-0.25, -0.2) is 5.43 Å². The lowest BCUT2D eigenvalue weighted by Crippen LogP contribution is -2.32. The summed E-state index contributed by atoms with van der Waals surface area (Å²) in [5.41, 5.74) is 4.27. The maximum atomic E-state index is 11.8. The number of amides is 2. The number of nitrogens with zero attached hydrogens (tertiary/aromatic N) is 1. The maximum absolute atomic E-state index is 11.8. The molecule has 2 rings (SSSR count). The molecule has 0 unspecified atom stereocenters. The van der Waals surface area contributed by atoms with E-state index in [1.807, 2.05) is 31.2 Å². The molecule has 0 radical (unpaired) electrons. The van der Waals surface area contributed by atoms with Gasteiger partial charge in [0.1, 0.15) is 0 Å². The van der Waals surface area contributed by atoms with Gasteiger partial charge in [0, 0.05) is 20.7 Å². The van der Waals surface area contributed by atoms with Crippen molar-refractivity contribution in [2.75, 3.05) is 5.32 Å². The highest BCUT2D eigenvalue weighted by atomic mass is 79.9. The number of rotatable bonds is 3. The van der Waals surface area contributed by atoms with Crippen LogP contribution in [-0.2, 0) is 9.59 Å². The number of nitrogens with one attached hydrogen (secondary N) is 2. The summed E-state index contributed by atoms with van der Waals surface area (Å²) in [6, 6.07) is 12.3. The molecule has 2 aromatic rings. The largest absolute Gasteiger partial charge is 0.329 e. The number of hydrogen-bond donors (Lipinski definition) is 2. The summed E-state index contributed by atoms with van der Waals surface area (Å²) in [4.78, 5) is 23.5. The van der Waals surface area contributed by atoms with E-state index in [4.69, 9.17) is 11.6 Å². The van der Waals surface area contributed by atoms with E-state index in [2.05, 4.69) is 31.8 Å². The predicted octanol–water partition coefficient (Wildman–Crippen LogP) is 3.50. The molecule has 23 heavy (non-hydrogen) atoms. The molecule has 0 fully saturated rings. The van der Waals surface area contributed by atoms with Crippen LogP contribution in [0, 0.1) is 6.92 Å². The third kappa shape index (κ3) is 4.91. The molecule has 0 aliphatic heterocycles. The number of benzene rings is 2. The SMILES string of the molecule is Cc1ccc(NC(=O)C(=O)N/N=C/c2ccccc2Br)cc1Cl. The third-order valence-corrected chi connectivity index (χ3v) is 4.04. The summed E-state index contributed by atoms with van der Waals surface area (Å²) in [6.45, 7) is 1.84. The monoisotopic (exact) mass is 393 g/mol. The predicted molar refractivity (Wildman–Crippen MR) is 94.7 cm³/mol. The van der Waals surface area contributed by atoms with E-state index in [1.54, 1.807) is 18.2 Å². The maximum Gasteiger partial charge on any atom is 0.329 e. The van der Waals surface area contributed by atoms with Gasteiger partial charge in [-0.05, 0) is 30.7 Å². The summed E-state index contributed by atoms with van der Waals surface area (Å²) in [5, 5.41) is 6.72. The summed E-state index contributed by atoms with van der Waals surface area (Å²) in [5.74, 6) is -1.70. The Morgan fingerprint density at radius 2 is 1.91 bits per heavy atom. The molecule has 0 heterocycles. The Balaban J connectivity index is 1.94. The lowest BCUT2D eigenvalue weighted by molar-refractivity contribution is -0.136. The van der Waals surface area contributed by atoms with Gasteiger partial charge in [0.25, 0.3) is 0 Å². The fourth-order valence-corrected chi connectivity index (χ4v) is 2.22. The lowest BCUT2D eigenvalue weighted by Gasteiger charge is -2.05. The molecule has 0 saturated heterocycles. The first-order valence-corrected chi connectivity index (χ1v) is 7.79. The van der Waals surface area contributed by atoms with Gasteiger partial charge in [-0.2, -0.15) is 5.10 Å². The van der Waals surface area contributed by atoms with Gasteiger partial charge in [-0.3, -0.25) is 9.59 Å². The molecular formula is C16H13BrClN3O2. The quantitative estimate of drug-likeness (QED) is 0.475. The summed E-state index contributed by atoms with van der Waals surface area (Å²) >= 11 is 9.32. The molecule has 7 heteroatoms. The first-order valence-electron chi connectivity index (χ1n) is 6.62. The van der Waals surface area contributed by atoms with E-state index in [0.717, 1.165) is 15.6 Å². The number of carbonyl (C=O) groups excluding carboxylic acids is 2. The lowest BCUT2D eigenvalue weighted by atomic mass is 10.2. The van der Waals surface area contributed by atoms with Crippen molar-refractivity contribution in [2.24, 2.45) is 5.10 Å². The Morgan fingerprint density at radius 3 is 2.61 bits per heavy atom. The van der Waals surface area contributed by atoms with Crippen LogP contribution in [0.5, 0.6) is 0 Å². The number of hydrogen-bond acceptors (Lipinski definition) is 3. The topological polar surface area (TPSA) is 70.6 Å². The second-order valence-corrected chi connectivity index (χ2v) is 5.90. The summed E-state index contributed by atoms with van der Waals surface area (Å²) in [6.07, 6.45) is 1.44. The van der Waals surface area contributed by atoms with Crippen LogP contribution in [0.1, 0.15) is 11.1 Å². The number of halogens is 2. The van der Waals surface area contributed by atoms with Crippen molar-refractivity contribution in [1.82, 2.24) is 5.43 Å². The van der Waals surface area contributed by atoms with Crippen molar-refractivity contribution < 1.29 is 9.59 Å². The van der Waals surface area contributed by atoms with Crippen LogP contribution in [0.4, 0.5) is 5.69 Å². The summed E-state index contributed by atoms with van der Waals surface area (Å²) in [7, 11) is 0. The Morgan fingerprint density at radius 1 is 1.17 bits per heavy atom. The van der Waals surface area contributed by atoms with Gasteiger partial charge in [0.2, 0.25) is 0 Å². The van der Waals surface area contributed by atoms with E-state index in [0.29, 0.717) is 10.7 Å². The van der Waals surface area contributed by atoms with Gasteiger partial charge >= 0.3 is 11.8 Å². The fraction of sp³-hybridized carbons (Fsp3) is 0.0625. The average molecular weight is 395 g/mol. The highest BCUT2D eigenvalue weighted by molar-refractivity contribution is 9.10. The van der Waals surface area contributed by atoms with Gasteiger partial charge in [-0.15, -0.1) is 0 Å². The van der Waals surface area contributed by atoms with Crippen molar-refractivity contribution >= 4 is 51.2 Å². The minimum atomic E-state index is -0.870. The van der Waals surface area contributed by atoms with Crippen LogP contribution in [0.3, 0.4) is 0 Å². The number of hydrazone groups is 1. The molecule has 0 aromatic heterocycles. The molecule has 5 nitrogen and oxygen atoms in total. The van der Waals surface area contributed by atoms with Gasteiger partial charge in [0.05, 0.1) is 6.21 Å². The Kier molecular flexibility index (Phi) is 5.90. The molecule has 0 bridgehead atoms. The zero-order valence-electron chi connectivity index (χ0n) is 12.1. The minimum absolute atomic E-state index is 0.440. The molecular weight excluding hydrogens is 382 g/mol. The number of carbonyl (C=O) groups is 2. The van der Waals surface area contributed by atoms with Crippen LogP contribution < -0.4 is 10.7 Å². The van der Waals surface area contributed by atoms with E-state index >= 15 is 0 Å². The standard InChI is InChI=1S/C16H13BrClN3O2/c1-10-6-7-12(8-14(10)18)20-15(22)16(23)21-19-9-11-4-2-3-5-13(11)17/h2-9H,1H3,(H,20,22)(H,21,23)/b19-9+. The molecule has 0 aliphatic carbocycles. The first kappa shape index (κ1) is 17.2.